The first-order valence-corrected chi connectivity index (χ1v) is 11.5. The third kappa shape index (κ3) is 6.64. The standard InChI is InChI=1S/C25H31N3O2S/c1-18(2)25(21-11-6-8-13-23(21)29-4)26-16-9-17-30-22-12-7-5-10-20(22)14-15-24-28-27-19(3)31-24/h5-8,10-15,18,25-26H,9,16-17H2,1-4H3. The molecule has 0 saturated heterocycles. The summed E-state index contributed by atoms with van der Waals surface area (Å²) in [5.41, 5.74) is 2.24. The van der Waals surface area contributed by atoms with Gasteiger partial charge >= 0.3 is 0 Å². The van der Waals surface area contributed by atoms with Crippen LogP contribution in [0.4, 0.5) is 0 Å². The average molecular weight is 438 g/mol. The van der Waals surface area contributed by atoms with Crippen LogP contribution in [-0.2, 0) is 0 Å². The minimum Gasteiger partial charge on any atom is -0.496 e. The van der Waals surface area contributed by atoms with Crippen molar-refractivity contribution in [2.24, 2.45) is 5.92 Å². The smallest absolute Gasteiger partial charge is 0.140 e. The van der Waals surface area contributed by atoms with Gasteiger partial charge in [-0.25, -0.2) is 0 Å². The molecule has 31 heavy (non-hydrogen) atoms. The second-order valence-electron chi connectivity index (χ2n) is 7.65. The second-order valence-corrected chi connectivity index (χ2v) is 8.86. The Bertz CT molecular complexity index is 984. The lowest BCUT2D eigenvalue weighted by molar-refractivity contribution is 0.297. The normalized spacial score (nSPS) is 12.4. The fourth-order valence-electron chi connectivity index (χ4n) is 3.43. The molecular formula is C25H31N3O2S. The molecule has 0 saturated carbocycles. The average Bonchev–Trinajstić information content (AvgIpc) is 3.20. The van der Waals surface area contributed by atoms with Gasteiger partial charge in [-0.1, -0.05) is 61.6 Å². The van der Waals surface area contributed by atoms with Crippen LogP contribution >= 0.6 is 11.3 Å². The SMILES string of the molecule is COc1ccccc1C(NCCCOc1ccccc1C=Cc1nnc(C)s1)C(C)C. The van der Waals surface area contributed by atoms with Gasteiger partial charge in [0.15, 0.2) is 0 Å². The van der Waals surface area contributed by atoms with E-state index in [0.717, 1.165) is 40.0 Å². The molecule has 0 aliphatic carbocycles. The Balaban J connectivity index is 1.53. The number of ether oxygens (including phenoxy) is 2. The van der Waals surface area contributed by atoms with Crippen LogP contribution < -0.4 is 14.8 Å². The molecule has 5 nitrogen and oxygen atoms in total. The molecule has 1 unspecified atom stereocenters. The molecule has 0 bridgehead atoms. The first-order chi connectivity index (χ1) is 15.1. The molecule has 1 heterocycles. The lowest BCUT2D eigenvalue weighted by Crippen LogP contribution is -2.28. The van der Waals surface area contributed by atoms with Crippen LogP contribution in [0.1, 0.15) is 47.5 Å². The van der Waals surface area contributed by atoms with Gasteiger partial charge in [-0.3, -0.25) is 0 Å². The molecule has 0 radical (unpaired) electrons. The van der Waals surface area contributed by atoms with Crippen LogP contribution in [0.25, 0.3) is 12.2 Å². The van der Waals surface area contributed by atoms with Crippen molar-refractivity contribution >= 4 is 23.5 Å². The maximum atomic E-state index is 6.08. The molecule has 1 aromatic heterocycles. The van der Waals surface area contributed by atoms with Crippen molar-refractivity contribution in [1.82, 2.24) is 15.5 Å². The third-order valence-electron chi connectivity index (χ3n) is 4.95. The Morgan fingerprint density at radius 1 is 1.00 bits per heavy atom. The maximum Gasteiger partial charge on any atom is 0.140 e. The van der Waals surface area contributed by atoms with Crippen LogP contribution in [0.5, 0.6) is 11.5 Å². The van der Waals surface area contributed by atoms with E-state index in [4.69, 9.17) is 9.47 Å². The number of methoxy groups -OCH3 is 1. The van der Waals surface area contributed by atoms with Crippen molar-refractivity contribution in [3.8, 4) is 11.5 Å². The van der Waals surface area contributed by atoms with Crippen LogP contribution in [-0.4, -0.2) is 30.5 Å². The Labute approximate surface area is 189 Å². The zero-order valence-electron chi connectivity index (χ0n) is 18.7. The molecule has 6 heteroatoms. The Hall–Kier alpha value is -2.70. The lowest BCUT2D eigenvalue weighted by atomic mass is 9.95. The fraction of sp³-hybridized carbons (Fsp3) is 0.360. The molecule has 3 rings (SSSR count). The Kier molecular flexibility index (Phi) is 8.62. The van der Waals surface area contributed by atoms with E-state index in [-0.39, 0.29) is 6.04 Å². The molecule has 1 N–H and O–H groups in total. The highest BCUT2D eigenvalue weighted by molar-refractivity contribution is 7.12. The highest BCUT2D eigenvalue weighted by Gasteiger charge is 2.18. The molecular weight excluding hydrogens is 406 g/mol. The Morgan fingerprint density at radius 3 is 2.45 bits per heavy atom. The molecule has 164 valence electrons. The summed E-state index contributed by atoms with van der Waals surface area (Å²) >= 11 is 1.58. The van der Waals surface area contributed by atoms with Crippen LogP contribution in [0, 0.1) is 12.8 Å². The van der Waals surface area contributed by atoms with Crippen molar-refractivity contribution in [3.63, 3.8) is 0 Å². The minimum atomic E-state index is 0.238. The summed E-state index contributed by atoms with van der Waals surface area (Å²) in [6.07, 6.45) is 4.92. The zero-order chi connectivity index (χ0) is 22.1. The molecule has 0 fully saturated rings. The summed E-state index contributed by atoms with van der Waals surface area (Å²) in [7, 11) is 1.72. The van der Waals surface area contributed by atoms with E-state index in [9.17, 15) is 0 Å². The number of para-hydroxylation sites is 2. The topological polar surface area (TPSA) is 56.3 Å². The highest BCUT2D eigenvalue weighted by Crippen LogP contribution is 2.29. The number of aromatic nitrogens is 2. The van der Waals surface area contributed by atoms with Gasteiger partial charge in [-0.05, 0) is 50.1 Å². The Morgan fingerprint density at radius 2 is 1.74 bits per heavy atom. The first kappa shape index (κ1) is 23.0. The summed E-state index contributed by atoms with van der Waals surface area (Å²) in [4.78, 5) is 0. The number of hydrogen-bond acceptors (Lipinski definition) is 6. The molecule has 2 aromatic carbocycles. The van der Waals surface area contributed by atoms with Gasteiger partial charge in [0.1, 0.15) is 21.5 Å². The summed E-state index contributed by atoms with van der Waals surface area (Å²) in [5.74, 6) is 2.26. The van der Waals surface area contributed by atoms with E-state index in [2.05, 4.69) is 47.6 Å². The van der Waals surface area contributed by atoms with Gasteiger partial charge in [-0.15, -0.1) is 10.2 Å². The predicted molar refractivity (Wildman–Crippen MR) is 129 cm³/mol. The summed E-state index contributed by atoms with van der Waals surface area (Å²) in [6.45, 7) is 7.92. The third-order valence-corrected chi connectivity index (χ3v) is 5.75. The summed E-state index contributed by atoms with van der Waals surface area (Å²) < 4.78 is 11.6. The number of benzene rings is 2. The number of aryl methyl sites for hydroxylation is 1. The minimum absolute atomic E-state index is 0.238. The molecule has 0 amide bonds. The van der Waals surface area contributed by atoms with Gasteiger partial charge in [0.05, 0.1) is 13.7 Å². The number of nitrogens with one attached hydrogen (secondary N) is 1. The fourth-order valence-corrected chi connectivity index (χ4v) is 4.03. The van der Waals surface area contributed by atoms with Crippen LogP contribution in [0.15, 0.2) is 48.5 Å². The molecule has 1 atom stereocenters. The van der Waals surface area contributed by atoms with Gasteiger partial charge < -0.3 is 14.8 Å². The van der Waals surface area contributed by atoms with E-state index in [1.807, 2.05) is 49.4 Å². The second kappa shape index (κ2) is 11.6. The number of hydrogen-bond donors (Lipinski definition) is 1. The molecule has 0 spiro atoms. The highest BCUT2D eigenvalue weighted by atomic mass is 32.1. The van der Waals surface area contributed by atoms with Gasteiger partial charge in [0.2, 0.25) is 0 Å². The van der Waals surface area contributed by atoms with Gasteiger partial charge in [-0.2, -0.15) is 0 Å². The van der Waals surface area contributed by atoms with Crippen molar-refractivity contribution in [3.05, 3.63) is 69.7 Å². The van der Waals surface area contributed by atoms with Crippen molar-refractivity contribution in [2.45, 2.75) is 33.2 Å². The van der Waals surface area contributed by atoms with E-state index in [0.29, 0.717) is 12.5 Å². The van der Waals surface area contributed by atoms with Crippen LogP contribution in [0.3, 0.4) is 0 Å². The van der Waals surface area contributed by atoms with Gasteiger partial charge in [0.25, 0.3) is 0 Å². The largest absolute Gasteiger partial charge is 0.496 e. The zero-order valence-corrected chi connectivity index (χ0v) is 19.5. The lowest BCUT2D eigenvalue weighted by Gasteiger charge is -2.25. The van der Waals surface area contributed by atoms with E-state index in [1.54, 1.807) is 18.4 Å². The quantitative estimate of drug-likeness (QED) is 0.385. The van der Waals surface area contributed by atoms with E-state index >= 15 is 0 Å². The monoisotopic (exact) mass is 437 g/mol. The van der Waals surface area contributed by atoms with Crippen molar-refractivity contribution < 1.29 is 9.47 Å². The summed E-state index contributed by atoms with van der Waals surface area (Å²) in [6, 6.07) is 16.5. The summed E-state index contributed by atoms with van der Waals surface area (Å²) in [5, 5.41) is 13.7. The van der Waals surface area contributed by atoms with Crippen LogP contribution in [0.2, 0.25) is 0 Å². The predicted octanol–water partition coefficient (Wildman–Crippen LogP) is 5.78. The number of nitrogens with zero attached hydrogens (tertiary/aromatic N) is 2. The van der Waals surface area contributed by atoms with Crippen molar-refractivity contribution in [1.29, 1.82) is 0 Å². The molecule has 0 aliphatic rings. The van der Waals surface area contributed by atoms with E-state index < -0.39 is 0 Å². The maximum absolute atomic E-state index is 6.08. The first-order valence-electron chi connectivity index (χ1n) is 10.6. The molecule has 3 aromatic rings. The van der Waals surface area contributed by atoms with E-state index in [1.165, 1.54) is 5.56 Å². The molecule has 0 aliphatic heterocycles. The van der Waals surface area contributed by atoms with Gasteiger partial charge in [0, 0.05) is 17.2 Å². The number of rotatable bonds is 11. The van der Waals surface area contributed by atoms with Crippen molar-refractivity contribution in [2.75, 3.05) is 20.3 Å².